The highest BCUT2D eigenvalue weighted by Crippen LogP contribution is 2.24. The van der Waals surface area contributed by atoms with E-state index in [1.165, 1.54) is 6.07 Å². The Bertz CT molecular complexity index is 393. The lowest BCUT2D eigenvalue weighted by molar-refractivity contribution is 0.0784. The molecule has 2 unspecified atom stereocenters. The van der Waals surface area contributed by atoms with Crippen LogP contribution in [0.15, 0.2) is 24.3 Å². The summed E-state index contributed by atoms with van der Waals surface area (Å²) in [4.78, 5) is 14.0. The molecular formula is C13H17NO2. The molecule has 86 valence electrons. The van der Waals surface area contributed by atoms with Gasteiger partial charge in [-0.2, -0.15) is 0 Å². The Labute approximate surface area is 95.7 Å². The molecule has 0 aliphatic carbocycles. The average Bonchev–Trinajstić information content (AvgIpc) is 2.58. The molecule has 1 N–H and O–H groups in total. The molecule has 0 bridgehead atoms. The number of rotatable bonds is 1. The van der Waals surface area contributed by atoms with Crippen molar-refractivity contribution in [3.05, 3.63) is 29.8 Å². The summed E-state index contributed by atoms with van der Waals surface area (Å²) >= 11 is 0. The van der Waals surface area contributed by atoms with Crippen LogP contribution in [0.4, 0.5) is 0 Å². The van der Waals surface area contributed by atoms with Crippen molar-refractivity contribution in [1.29, 1.82) is 0 Å². The Morgan fingerprint density at radius 2 is 1.94 bits per heavy atom. The van der Waals surface area contributed by atoms with Gasteiger partial charge in [0.1, 0.15) is 5.75 Å². The molecule has 16 heavy (non-hydrogen) atoms. The molecular weight excluding hydrogens is 202 g/mol. The normalized spacial score (nSPS) is 24.8. The summed E-state index contributed by atoms with van der Waals surface area (Å²) in [6.45, 7) is 5.96. The fourth-order valence-electron chi connectivity index (χ4n) is 2.12. The first-order valence-corrected chi connectivity index (χ1v) is 5.66. The largest absolute Gasteiger partial charge is 0.508 e. The van der Waals surface area contributed by atoms with Gasteiger partial charge in [-0.05, 0) is 30.0 Å². The van der Waals surface area contributed by atoms with Crippen molar-refractivity contribution in [2.75, 3.05) is 13.1 Å². The number of benzene rings is 1. The standard InChI is InChI=1S/C13H17NO2/c1-9-7-14(8-10(9)2)13(16)11-4-3-5-12(15)6-11/h3-6,9-10,15H,7-8H2,1-2H3. The van der Waals surface area contributed by atoms with E-state index in [0.717, 1.165) is 13.1 Å². The molecule has 1 heterocycles. The molecule has 3 nitrogen and oxygen atoms in total. The predicted octanol–water partition coefficient (Wildman–Crippen LogP) is 2.12. The summed E-state index contributed by atoms with van der Waals surface area (Å²) in [5.74, 6) is 1.28. The number of hydrogen-bond donors (Lipinski definition) is 1. The van der Waals surface area contributed by atoms with Crippen molar-refractivity contribution in [2.45, 2.75) is 13.8 Å². The molecule has 0 radical (unpaired) electrons. The minimum atomic E-state index is 0.0205. The van der Waals surface area contributed by atoms with Crippen LogP contribution in [0.2, 0.25) is 0 Å². The molecule has 1 aliphatic heterocycles. The number of phenols is 1. The molecule has 0 aromatic heterocycles. The maximum Gasteiger partial charge on any atom is 0.254 e. The highest BCUT2D eigenvalue weighted by Gasteiger charge is 2.29. The second kappa shape index (κ2) is 4.16. The predicted molar refractivity (Wildman–Crippen MR) is 62.3 cm³/mol. The summed E-state index contributed by atoms with van der Waals surface area (Å²) < 4.78 is 0. The molecule has 2 atom stereocenters. The molecule has 1 aliphatic rings. The van der Waals surface area contributed by atoms with Crippen LogP contribution in [0.25, 0.3) is 0 Å². The van der Waals surface area contributed by atoms with Gasteiger partial charge in [0, 0.05) is 18.7 Å². The van der Waals surface area contributed by atoms with Crippen LogP contribution < -0.4 is 0 Å². The van der Waals surface area contributed by atoms with E-state index in [0.29, 0.717) is 17.4 Å². The van der Waals surface area contributed by atoms with Crippen molar-refractivity contribution in [1.82, 2.24) is 4.90 Å². The van der Waals surface area contributed by atoms with Gasteiger partial charge in [-0.3, -0.25) is 4.79 Å². The minimum absolute atomic E-state index is 0.0205. The van der Waals surface area contributed by atoms with Crippen LogP contribution in [-0.4, -0.2) is 29.0 Å². The van der Waals surface area contributed by atoms with Crippen LogP contribution in [0.3, 0.4) is 0 Å². The molecule has 1 saturated heterocycles. The van der Waals surface area contributed by atoms with Gasteiger partial charge in [-0.25, -0.2) is 0 Å². The number of carbonyl (C=O) groups excluding carboxylic acids is 1. The third-order valence-corrected chi connectivity index (χ3v) is 3.37. The van der Waals surface area contributed by atoms with E-state index in [1.54, 1.807) is 18.2 Å². The highest BCUT2D eigenvalue weighted by molar-refractivity contribution is 5.94. The van der Waals surface area contributed by atoms with Crippen molar-refractivity contribution in [3.8, 4) is 5.75 Å². The Balaban J connectivity index is 2.14. The van der Waals surface area contributed by atoms with Crippen molar-refractivity contribution in [2.24, 2.45) is 11.8 Å². The average molecular weight is 219 g/mol. The van der Waals surface area contributed by atoms with Gasteiger partial charge in [-0.15, -0.1) is 0 Å². The number of aromatic hydroxyl groups is 1. The number of nitrogens with zero attached hydrogens (tertiary/aromatic N) is 1. The van der Waals surface area contributed by atoms with E-state index in [9.17, 15) is 9.90 Å². The Hall–Kier alpha value is -1.51. The van der Waals surface area contributed by atoms with E-state index in [2.05, 4.69) is 13.8 Å². The molecule has 2 rings (SSSR count). The van der Waals surface area contributed by atoms with Crippen molar-refractivity contribution >= 4 is 5.91 Å². The van der Waals surface area contributed by atoms with Gasteiger partial charge in [0.15, 0.2) is 0 Å². The maximum atomic E-state index is 12.1. The molecule has 3 heteroatoms. The van der Waals surface area contributed by atoms with Crippen LogP contribution in [0, 0.1) is 11.8 Å². The highest BCUT2D eigenvalue weighted by atomic mass is 16.3. The van der Waals surface area contributed by atoms with Crippen LogP contribution in [0.1, 0.15) is 24.2 Å². The summed E-state index contributed by atoms with van der Waals surface area (Å²) in [5.41, 5.74) is 0.571. The zero-order chi connectivity index (χ0) is 11.7. The van der Waals surface area contributed by atoms with Crippen LogP contribution >= 0.6 is 0 Å². The third kappa shape index (κ3) is 2.03. The molecule has 0 saturated carbocycles. The first-order chi connectivity index (χ1) is 7.58. The van der Waals surface area contributed by atoms with Gasteiger partial charge < -0.3 is 10.0 Å². The number of carbonyl (C=O) groups is 1. The van der Waals surface area contributed by atoms with Gasteiger partial charge in [0.2, 0.25) is 0 Å². The number of amides is 1. The SMILES string of the molecule is CC1CN(C(=O)c2cccc(O)c2)CC1C. The fourth-order valence-corrected chi connectivity index (χ4v) is 2.12. The maximum absolute atomic E-state index is 12.1. The lowest BCUT2D eigenvalue weighted by Gasteiger charge is -2.16. The molecule has 1 aromatic carbocycles. The van der Waals surface area contributed by atoms with E-state index >= 15 is 0 Å². The van der Waals surface area contributed by atoms with E-state index in [1.807, 2.05) is 4.90 Å². The molecule has 1 aromatic rings. The van der Waals surface area contributed by atoms with Gasteiger partial charge >= 0.3 is 0 Å². The first kappa shape index (κ1) is 11.0. The van der Waals surface area contributed by atoms with Gasteiger partial charge in [-0.1, -0.05) is 19.9 Å². The van der Waals surface area contributed by atoms with Crippen molar-refractivity contribution < 1.29 is 9.90 Å². The third-order valence-electron chi connectivity index (χ3n) is 3.37. The summed E-state index contributed by atoms with van der Waals surface area (Å²) in [7, 11) is 0. The van der Waals surface area contributed by atoms with Crippen LogP contribution in [-0.2, 0) is 0 Å². The number of phenolic OH excluding ortho intramolecular Hbond substituents is 1. The Morgan fingerprint density at radius 3 is 2.50 bits per heavy atom. The van der Waals surface area contributed by atoms with E-state index in [4.69, 9.17) is 0 Å². The first-order valence-electron chi connectivity index (χ1n) is 5.66. The van der Waals surface area contributed by atoms with Crippen LogP contribution in [0.5, 0.6) is 5.75 Å². The summed E-state index contributed by atoms with van der Waals surface area (Å²) in [6.07, 6.45) is 0. The topological polar surface area (TPSA) is 40.5 Å². The van der Waals surface area contributed by atoms with E-state index in [-0.39, 0.29) is 11.7 Å². The minimum Gasteiger partial charge on any atom is -0.508 e. The molecule has 1 amide bonds. The monoisotopic (exact) mass is 219 g/mol. The molecule has 1 fully saturated rings. The zero-order valence-electron chi connectivity index (χ0n) is 9.68. The lowest BCUT2D eigenvalue weighted by Crippen LogP contribution is -2.28. The van der Waals surface area contributed by atoms with E-state index < -0.39 is 0 Å². The second-order valence-electron chi connectivity index (χ2n) is 4.72. The number of hydrogen-bond acceptors (Lipinski definition) is 2. The van der Waals surface area contributed by atoms with Gasteiger partial charge in [0.05, 0.1) is 0 Å². The number of likely N-dealkylation sites (tertiary alicyclic amines) is 1. The van der Waals surface area contributed by atoms with Crippen molar-refractivity contribution in [3.63, 3.8) is 0 Å². The molecule has 0 spiro atoms. The Morgan fingerprint density at radius 1 is 1.31 bits per heavy atom. The lowest BCUT2D eigenvalue weighted by atomic mass is 10.0. The summed E-state index contributed by atoms with van der Waals surface area (Å²) in [5, 5.41) is 9.34. The quantitative estimate of drug-likeness (QED) is 0.786. The smallest absolute Gasteiger partial charge is 0.254 e. The second-order valence-corrected chi connectivity index (χ2v) is 4.72. The van der Waals surface area contributed by atoms with Gasteiger partial charge in [0.25, 0.3) is 5.91 Å². The Kier molecular flexibility index (Phi) is 2.86. The summed E-state index contributed by atoms with van der Waals surface area (Å²) in [6, 6.07) is 6.54. The zero-order valence-corrected chi connectivity index (χ0v) is 9.68. The fraction of sp³-hybridized carbons (Fsp3) is 0.462.